The molecule has 21 heavy (non-hydrogen) atoms. The first-order valence-corrected chi connectivity index (χ1v) is 7.54. The van der Waals surface area contributed by atoms with Crippen LogP contribution in [0.2, 0.25) is 0 Å². The molecule has 1 aromatic carbocycles. The maximum Gasteiger partial charge on any atom is 0.272 e. The highest BCUT2D eigenvalue weighted by atomic mass is 16.3. The molecule has 0 aliphatic heterocycles. The molecule has 2 unspecified atom stereocenters. The fourth-order valence-corrected chi connectivity index (χ4v) is 3.23. The van der Waals surface area contributed by atoms with Crippen LogP contribution >= 0.6 is 0 Å². The van der Waals surface area contributed by atoms with Gasteiger partial charge in [0.1, 0.15) is 0 Å². The van der Waals surface area contributed by atoms with Gasteiger partial charge in [-0.3, -0.25) is 9.48 Å². The standard InChI is InChI=1S/C16H21N3O2/c1-19-14-9-5-3-7-12(14)15(18-19)16(21)17-13-8-4-2-6-11(13)10-20/h3,5,7,9,11,13,20H,2,4,6,8,10H2,1H3,(H,17,21). The van der Waals surface area contributed by atoms with Crippen molar-refractivity contribution in [2.24, 2.45) is 13.0 Å². The van der Waals surface area contributed by atoms with Crippen LogP contribution in [0, 0.1) is 5.92 Å². The topological polar surface area (TPSA) is 67.2 Å². The van der Waals surface area contributed by atoms with E-state index in [9.17, 15) is 9.90 Å². The third kappa shape index (κ3) is 2.65. The summed E-state index contributed by atoms with van der Waals surface area (Å²) >= 11 is 0. The number of aromatic nitrogens is 2. The molecule has 0 radical (unpaired) electrons. The highest BCUT2D eigenvalue weighted by Crippen LogP contribution is 2.25. The normalized spacial score (nSPS) is 22.4. The Morgan fingerprint density at radius 1 is 1.38 bits per heavy atom. The zero-order valence-electron chi connectivity index (χ0n) is 12.2. The van der Waals surface area contributed by atoms with Gasteiger partial charge in [-0.25, -0.2) is 0 Å². The lowest BCUT2D eigenvalue weighted by molar-refractivity contribution is 0.0868. The number of nitrogens with one attached hydrogen (secondary N) is 1. The lowest BCUT2D eigenvalue weighted by atomic mass is 9.85. The number of carbonyl (C=O) groups excluding carboxylic acids is 1. The lowest BCUT2D eigenvalue weighted by Crippen LogP contribution is -2.43. The smallest absolute Gasteiger partial charge is 0.272 e. The van der Waals surface area contributed by atoms with Gasteiger partial charge in [0, 0.05) is 31.0 Å². The molecule has 5 nitrogen and oxygen atoms in total. The van der Waals surface area contributed by atoms with Gasteiger partial charge in [-0.05, 0) is 18.9 Å². The van der Waals surface area contributed by atoms with Crippen LogP contribution in [0.3, 0.4) is 0 Å². The van der Waals surface area contributed by atoms with Gasteiger partial charge in [0.25, 0.3) is 5.91 Å². The molecule has 2 N–H and O–H groups in total. The number of hydrogen-bond donors (Lipinski definition) is 2. The van der Waals surface area contributed by atoms with Crippen LogP contribution < -0.4 is 5.32 Å². The summed E-state index contributed by atoms with van der Waals surface area (Å²) < 4.78 is 1.73. The fourth-order valence-electron chi connectivity index (χ4n) is 3.23. The van der Waals surface area contributed by atoms with E-state index in [1.54, 1.807) is 4.68 Å². The van der Waals surface area contributed by atoms with Gasteiger partial charge >= 0.3 is 0 Å². The minimum atomic E-state index is -0.142. The van der Waals surface area contributed by atoms with Crippen molar-refractivity contribution in [1.29, 1.82) is 0 Å². The monoisotopic (exact) mass is 287 g/mol. The number of para-hydroxylation sites is 1. The minimum absolute atomic E-state index is 0.0528. The third-order valence-corrected chi connectivity index (χ3v) is 4.43. The zero-order valence-corrected chi connectivity index (χ0v) is 12.2. The van der Waals surface area contributed by atoms with E-state index in [-0.39, 0.29) is 24.5 Å². The minimum Gasteiger partial charge on any atom is -0.396 e. The van der Waals surface area contributed by atoms with Crippen molar-refractivity contribution in [3.8, 4) is 0 Å². The van der Waals surface area contributed by atoms with Crippen molar-refractivity contribution in [3.63, 3.8) is 0 Å². The number of aryl methyl sites for hydroxylation is 1. The summed E-state index contributed by atoms with van der Waals surface area (Å²) in [7, 11) is 1.84. The number of rotatable bonds is 3. The van der Waals surface area contributed by atoms with E-state index in [0.717, 1.165) is 36.6 Å². The highest BCUT2D eigenvalue weighted by Gasteiger charge is 2.27. The summed E-state index contributed by atoms with van der Waals surface area (Å²) in [5, 5.41) is 17.7. The Balaban J connectivity index is 1.84. The van der Waals surface area contributed by atoms with E-state index in [1.165, 1.54) is 0 Å². The van der Waals surface area contributed by atoms with Gasteiger partial charge in [0.2, 0.25) is 0 Å². The van der Waals surface area contributed by atoms with Crippen molar-refractivity contribution < 1.29 is 9.90 Å². The first kappa shape index (κ1) is 14.1. The Bertz CT molecular complexity index is 650. The number of aliphatic hydroxyl groups is 1. The summed E-state index contributed by atoms with van der Waals surface area (Å²) in [6.07, 6.45) is 4.14. The Hall–Kier alpha value is -1.88. The Labute approximate surface area is 124 Å². The molecular formula is C16H21N3O2. The van der Waals surface area contributed by atoms with Gasteiger partial charge in [0.05, 0.1) is 5.52 Å². The summed E-state index contributed by atoms with van der Waals surface area (Å²) in [5.41, 5.74) is 1.42. The second kappa shape index (κ2) is 5.85. The molecule has 0 bridgehead atoms. The Kier molecular flexibility index (Phi) is 3.92. The molecule has 5 heteroatoms. The molecule has 1 heterocycles. The van der Waals surface area contributed by atoms with E-state index in [4.69, 9.17) is 0 Å². The van der Waals surface area contributed by atoms with E-state index >= 15 is 0 Å². The summed E-state index contributed by atoms with van der Waals surface area (Å²) in [6, 6.07) is 7.78. The van der Waals surface area contributed by atoms with E-state index in [0.29, 0.717) is 5.69 Å². The lowest BCUT2D eigenvalue weighted by Gasteiger charge is -2.30. The van der Waals surface area contributed by atoms with Crippen LogP contribution in [0.15, 0.2) is 24.3 Å². The van der Waals surface area contributed by atoms with Crippen molar-refractivity contribution in [2.45, 2.75) is 31.7 Å². The Morgan fingerprint density at radius 2 is 2.14 bits per heavy atom. The van der Waals surface area contributed by atoms with Crippen LogP contribution in [0.25, 0.3) is 10.9 Å². The molecule has 1 aromatic heterocycles. The molecule has 3 rings (SSSR count). The second-order valence-electron chi connectivity index (χ2n) is 5.80. The molecule has 1 fully saturated rings. The third-order valence-electron chi connectivity index (χ3n) is 4.43. The average Bonchev–Trinajstić information content (AvgIpc) is 2.86. The molecule has 1 aliphatic carbocycles. The predicted octanol–water partition coefficient (Wildman–Crippen LogP) is 1.85. The molecule has 0 spiro atoms. The van der Waals surface area contributed by atoms with E-state index in [2.05, 4.69) is 10.4 Å². The number of hydrogen-bond acceptors (Lipinski definition) is 3. The number of carbonyl (C=O) groups is 1. The number of fused-ring (bicyclic) bond motifs is 1. The Morgan fingerprint density at radius 3 is 2.95 bits per heavy atom. The van der Waals surface area contributed by atoms with Gasteiger partial charge in [0.15, 0.2) is 5.69 Å². The molecule has 2 aromatic rings. The maximum atomic E-state index is 12.5. The molecular weight excluding hydrogens is 266 g/mol. The first-order valence-electron chi connectivity index (χ1n) is 7.54. The van der Waals surface area contributed by atoms with Crippen LogP contribution in [-0.2, 0) is 7.05 Å². The quantitative estimate of drug-likeness (QED) is 0.905. The predicted molar refractivity (Wildman–Crippen MR) is 81.0 cm³/mol. The molecule has 2 atom stereocenters. The van der Waals surface area contributed by atoms with Gasteiger partial charge < -0.3 is 10.4 Å². The van der Waals surface area contributed by atoms with E-state index in [1.807, 2.05) is 31.3 Å². The van der Waals surface area contributed by atoms with E-state index < -0.39 is 0 Å². The molecule has 0 saturated heterocycles. The van der Waals surface area contributed by atoms with Crippen molar-refractivity contribution in [1.82, 2.24) is 15.1 Å². The largest absolute Gasteiger partial charge is 0.396 e. The second-order valence-corrected chi connectivity index (χ2v) is 5.80. The van der Waals surface area contributed by atoms with Gasteiger partial charge in [-0.2, -0.15) is 5.10 Å². The van der Waals surface area contributed by atoms with Crippen LogP contribution in [-0.4, -0.2) is 33.4 Å². The first-order chi connectivity index (χ1) is 10.2. The van der Waals surface area contributed by atoms with Gasteiger partial charge in [-0.15, -0.1) is 0 Å². The van der Waals surface area contributed by atoms with Crippen LogP contribution in [0.4, 0.5) is 0 Å². The molecule has 1 amide bonds. The molecule has 1 saturated carbocycles. The van der Waals surface area contributed by atoms with Crippen LogP contribution in [0.1, 0.15) is 36.2 Å². The van der Waals surface area contributed by atoms with Crippen LogP contribution in [0.5, 0.6) is 0 Å². The van der Waals surface area contributed by atoms with Crippen molar-refractivity contribution >= 4 is 16.8 Å². The SMILES string of the molecule is Cn1nc(C(=O)NC2CCCCC2CO)c2ccccc21. The molecule has 112 valence electrons. The number of nitrogens with zero attached hydrogens (tertiary/aromatic N) is 2. The molecule has 1 aliphatic rings. The van der Waals surface area contributed by atoms with Crippen molar-refractivity contribution in [3.05, 3.63) is 30.0 Å². The number of aliphatic hydroxyl groups excluding tert-OH is 1. The number of amides is 1. The summed E-state index contributed by atoms with van der Waals surface area (Å²) in [4.78, 5) is 12.5. The highest BCUT2D eigenvalue weighted by molar-refractivity contribution is 6.04. The average molecular weight is 287 g/mol. The van der Waals surface area contributed by atoms with Gasteiger partial charge in [-0.1, -0.05) is 31.0 Å². The summed E-state index contributed by atoms with van der Waals surface area (Å²) in [6.45, 7) is 0.133. The number of benzene rings is 1. The zero-order chi connectivity index (χ0) is 14.8. The maximum absolute atomic E-state index is 12.5. The fraction of sp³-hybridized carbons (Fsp3) is 0.500. The summed E-state index contributed by atoms with van der Waals surface area (Å²) in [5.74, 6) is 0.0230. The van der Waals surface area contributed by atoms with Crippen molar-refractivity contribution in [2.75, 3.05) is 6.61 Å².